The lowest BCUT2D eigenvalue weighted by Gasteiger charge is -2.18. The Balaban J connectivity index is 2.87. The highest BCUT2D eigenvalue weighted by molar-refractivity contribution is 9.11. The highest BCUT2D eigenvalue weighted by Crippen LogP contribution is 2.26. The zero-order valence-electron chi connectivity index (χ0n) is 8.42. The first-order chi connectivity index (χ1) is 7.36. The minimum Gasteiger partial charge on any atom is -0.395 e. The minimum atomic E-state index is -3.68. The molecule has 0 spiro atoms. The molecule has 1 aromatic heterocycles. The van der Waals surface area contributed by atoms with Gasteiger partial charge in [-0.3, -0.25) is 0 Å². The van der Waals surface area contributed by atoms with Crippen molar-refractivity contribution in [3.8, 4) is 0 Å². The van der Waals surface area contributed by atoms with E-state index < -0.39 is 28.8 Å². The maximum atomic E-state index is 11.8. The normalized spacial score (nSPS) is 16.0. The summed E-state index contributed by atoms with van der Waals surface area (Å²) in [6.07, 6.45) is -0.955. The molecular formula is C8H12BrNO4S2. The smallest absolute Gasteiger partial charge is 0.250 e. The second kappa shape index (κ2) is 5.56. The topological polar surface area (TPSA) is 86.6 Å². The third kappa shape index (κ3) is 3.51. The second-order valence-electron chi connectivity index (χ2n) is 3.21. The minimum absolute atomic E-state index is 0.137. The average molecular weight is 330 g/mol. The SMILES string of the molecule is C[C@@H](O)[C@@H](CO)NS(=O)(=O)c1ccc(Br)s1. The van der Waals surface area contributed by atoms with E-state index in [1.165, 1.54) is 13.0 Å². The molecular weight excluding hydrogens is 318 g/mol. The van der Waals surface area contributed by atoms with E-state index in [1.807, 2.05) is 0 Å². The summed E-state index contributed by atoms with van der Waals surface area (Å²) in [5.41, 5.74) is 0. The first-order valence-electron chi connectivity index (χ1n) is 4.43. The number of thiophene rings is 1. The Morgan fingerprint density at radius 2 is 2.19 bits per heavy atom. The Hall–Kier alpha value is 0.01000. The van der Waals surface area contributed by atoms with Crippen LogP contribution in [0.15, 0.2) is 20.1 Å². The fraction of sp³-hybridized carbons (Fsp3) is 0.500. The summed E-state index contributed by atoms with van der Waals surface area (Å²) in [4.78, 5) is 0. The Labute approximate surface area is 106 Å². The molecule has 0 aliphatic carbocycles. The van der Waals surface area contributed by atoms with Crippen molar-refractivity contribution in [2.75, 3.05) is 6.61 Å². The summed E-state index contributed by atoms with van der Waals surface area (Å²) in [6.45, 7) is 0.956. The van der Waals surface area contributed by atoms with Crippen molar-refractivity contribution < 1.29 is 18.6 Å². The number of nitrogens with one attached hydrogen (secondary N) is 1. The second-order valence-corrected chi connectivity index (χ2v) is 7.61. The number of hydrogen-bond acceptors (Lipinski definition) is 5. The third-order valence-electron chi connectivity index (χ3n) is 1.90. The van der Waals surface area contributed by atoms with Gasteiger partial charge in [0.1, 0.15) is 4.21 Å². The van der Waals surface area contributed by atoms with Crippen LogP contribution in [-0.4, -0.2) is 37.4 Å². The van der Waals surface area contributed by atoms with E-state index in [4.69, 9.17) is 5.11 Å². The molecule has 0 radical (unpaired) electrons. The zero-order valence-corrected chi connectivity index (χ0v) is 11.6. The molecule has 0 aliphatic heterocycles. The standard InChI is InChI=1S/C8H12BrNO4S2/c1-5(12)6(4-11)10-16(13,14)8-3-2-7(9)15-8/h2-3,5-6,10-12H,4H2,1H3/t5-,6-/m1/s1. The molecule has 1 heterocycles. The number of aliphatic hydroxyl groups excluding tert-OH is 2. The predicted molar refractivity (Wildman–Crippen MR) is 64.9 cm³/mol. The molecule has 1 aromatic rings. The predicted octanol–water partition coefficient (Wildman–Crippen LogP) is 0.531. The van der Waals surface area contributed by atoms with E-state index in [0.29, 0.717) is 3.79 Å². The molecule has 0 aliphatic rings. The third-order valence-corrected chi connectivity index (χ3v) is 5.50. The van der Waals surface area contributed by atoms with E-state index in [2.05, 4.69) is 20.7 Å². The van der Waals surface area contributed by atoms with Gasteiger partial charge >= 0.3 is 0 Å². The van der Waals surface area contributed by atoms with Crippen LogP contribution in [0, 0.1) is 0 Å². The fourth-order valence-corrected chi connectivity index (χ4v) is 4.31. The monoisotopic (exact) mass is 329 g/mol. The molecule has 3 N–H and O–H groups in total. The lowest BCUT2D eigenvalue weighted by molar-refractivity contribution is 0.115. The van der Waals surface area contributed by atoms with Crippen LogP contribution in [0.25, 0.3) is 0 Å². The van der Waals surface area contributed by atoms with Crippen molar-refractivity contribution >= 4 is 37.3 Å². The van der Waals surface area contributed by atoms with Gasteiger partial charge in [-0.15, -0.1) is 11.3 Å². The molecule has 92 valence electrons. The maximum Gasteiger partial charge on any atom is 0.250 e. The number of sulfonamides is 1. The van der Waals surface area contributed by atoms with Crippen LogP contribution in [0.5, 0.6) is 0 Å². The summed E-state index contributed by atoms with van der Waals surface area (Å²) in [5, 5.41) is 18.2. The van der Waals surface area contributed by atoms with Crippen LogP contribution in [0.3, 0.4) is 0 Å². The van der Waals surface area contributed by atoms with Gasteiger partial charge in [-0.2, -0.15) is 0 Å². The van der Waals surface area contributed by atoms with Crippen molar-refractivity contribution in [3.05, 3.63) is 15.9 Å². The quantitative estimate of drug-likeness (QED) is 0.735. The van der Waals surface area contributed by atoms with Crippen molar-refractivity contribution in [1.29, 1.82) is 0 Å². The average Bonchev–Trinajstić information content (AvgIpc) is 2.61. The molecule has 16 heavy (non-hydrogen) atoms. The highest BCUT2D eigenvalue weighted by Gasteiger charge is 2.23. The van der Waals surface area contributed by atoms with Gasteiger partial charge in [0.05, 0.1) is 22.5 Å². The number of rotatable bonds is 5. The molecule has 0 aromatic carbocycles. The molecule has 0 bridgehead atoms. The lowest BCUT2D eigenvalue weighted by atomic mass is 10.2. The number of halogens is 1. The van der Waals surface area contributed by atoms with Crippen LogP contribution in [0.1, 0.15) is 6.92 Å². The molecule has 8 heteroatoms. The van der Waals surface area contributed by atoms with Gasteiger partial charge in [-0.25, -0.2) is 13.1 Å². The van der Waals surface area contributed by atoms with E-state index >= 15 is 0 Å². The van der Waals surface area contributed by atoms with Crippen molar-refractivity contribution in [2.24, 2.45) is 0 Å². The van der Waals surface area contributed by atoms with Gasteiger partial charge in [0.25, 0.3) is 10.0 Å². The molecule has 1 rings (SSSR count). The summed E-state index contributed by atoms with van der Waals surface area (Å²) in [5.74, 6) is 0. The Kier molecular flexibility index (Phi) is 4.89. The van der Waals surface area contributed by atoms with E-state index in [-0.39, 0.29) is 4.21 Å². The molecule has 0 fully saturated rings. The molecule has 2 atom stereocenters. The fourth-order valence-electron chi connectivity index (χ4n) is 0.988. The highest BCUT2D eigenvalue weighted by atomic mass is 79.9. The Bertz CT molecular complexity index is 443. The molecule has 0 saturated heterocycles. The van der Waals surface area contributed by atoms with E-state index in [9.17, 15) is 13.5 Å². The van der Waals surface area contributed by atoms with Crippen LogP contribution >= 0.6 is 27.3 Å². The maximum absolute atomic E-state index is 11.8. The largest absolute Gasteiger partial charge is 0.395 e. The molecule has 0 saturated carbocycles. The van der Waals surface area contributed by atoms with E-state index in [0.717, 1.165) is 11.3 Å². The van der Waals surface area contributed by atoms with Crippen LogP contribution in [0.4, 0.5) is 0 Å². The van der Waals surface area contributed by atoms with Crippen molar-refractivity contribution in [2.45, 2.75) is 23.3 Å². The first-order valence-corrected chi connectivity index (χ1v) is 7.52. The van der Waals surface area contributed by atoms with Crippen molar-refractivity contribution in [1.82, 2.24) is 4.72 Å². The molecule has 5 nitrogen and oxygen atoms in total. The van der Waals surface area contributed by atoms with Crippen LogP contribution in [-0.2, 0) is 10.0 Å². The Morgan fingerprint density at radius 3 is 2.56 bits per heavy atom. The van der Waals surface area contributed by atoms with Gasteiger partial charge in [-0.1, -0.05) is 0 Å². The van der Waals surface area contributed by atoms with Gasteiger partial charge in [0, 0.05) is 0 Å². The van der Waals surface area contributed by atoms with Gasteiger partial charge in [0.15, 0.2) is 0 Å². The number of hydrogen-bond donors (Lipinski definition) is 3. The summed E-state index contributed by atoms with van der Waals surface area (Å²) >= 11 is 4.23. The first kappa shape index (κ1) is 14.1. The van der Waals surface area contributed by atoms with Gasteiger partial charge in [0.2, 0.25) is 0 Å². The molecule has 0 unspecified atom stereocenters. The molecule has 0 amide bonds. The van der Waals surface area contributed by atoms with Gasteiger partial charge < -0.3 is 10.2 Å². The zero-order chi connectivity index (χ0) is 12.3. The summed E-state index contributed by atoms with van der Waals surface area (Å²) < 4.78 is 26.6. The summed E-state index contributed by atoms with van der Waals surface area (Å²) in [6, 6.07) is 2.18. The van der Waals surface area contributed by atoms with E-state index in [1.54, 1.807) is 6.07 Å². The number of aliphatic hydroxyl groups is 2. The van der Waals surface area contributed by atoms with Crippen LogP contribution < -0.4 is 4.72 Å². The Morgan fingerprint density at radius 1 is 1.56 bits per heavy atom. The van der Waals surface area contributed by atoms with Gasteiger partial charge in [-0.05, 0) is 35.0 Å². The lowest BCUT2D eigenvalue weighted by Crippen LogP contribution is -2.44. The van der Waals surface area contributed by atoms with Crippen molar-refractivity contribution in [3.63, 3.8) is 0 Å². The van der Waals surface area contributed by atoms with Crippen LogP contribution in [0.2, 0.25) is 0 Å². The summed E-state index contributed by atoms with van der Waals surface area (Å²) in [7, 11) is -3.68.